The van der Waals surface area contributed by atoms with E-state index < -0.39 is 0 Å². The van der Waals surface area contributed by atoms with Crippen LogP contribution in [0, 0.1) is 5.92 Å². The summed E-state index contributed by atoms with van der Waals surface area (Å²) in [6, 6.07) is 8.26. The van der Waals surface area contributed by atoms with Crippen molar-refractivity contribution in [2.24, 2.45) is 5.92 Å². The van der Waals surface area contributed by atoms with Crippen LogP contribution >= 0.6 is 0 Å². The predicted molar refractivity (Wildman–Crippen MR) is 81.7 cm³/mol. The number of hydrogen-bond acceptors (Lipinski definition) is 3. The molecule has 1 aliphatic carbocycles. The van der Waals surface area contributed by atoms with Crippen molar-refractivity contribution in [3.05, 3.63) is 29.8 Å². The molecule has 0 aromatic heterocycles. The maximum atomic E-state index is 9.40. The van der Waals surface area contributed by atoms with Crippen molar-refractivity contribution < 1.29 is 5.11 Å². The van der Waals surface area contributed by atoms with Gasteiger partial charge >= 0.3 is 0 Å². The topological polar surface area (TPSA) is 35.5 Å². The lowest BCUT2D eigenvalue weighted by atomic mass is 9.95. The minimum atomic E-state index is 0.279. The normalized spacial score (nSPS) is 32.0. The zero-order valence-electron chi connectivity index (χ0n) is 12.6. The Kier molecular flexibility index (Phi) is 3.74. The molecule has 3 nitrogen and oxygen atoms in total. The maximum Gasteiger partial charge on any atom is 0.115 e. The van der Waals surface area contributed by atoms with E-state index in [1.165, 1.54) is 24.8 Å². The van der Waals surface area contributed by atoms with Crippen molar-refractivity contribution in [1.82, 2.24) is 10.2 Å². The number of nitrogens with zero attached hydrogens (tertiary/aromatic N) is 1. The molecule has 3 rings (SSSR count). The second-order valence-corrected chi connectivity index (χ2v) is 6.83. The molecule has 0 bridgehead atoms. The standard InChI is InChI=1S/C17H26N2O/c1-13-9-10-18-17(2,15-5-6-15)12-19(13)11-14-3-7-16(20)8-4-14/h3-4,7-8,13,15,18,20H,5-6,9-12H2,1-2H3. The van der Waals surface area contributed by atoms with Gasteiger partial charge in [-0.05, 0) is 63.3 Å². The summed E-state index contributed by atoms with van der Waals surface area (Å²) in [5.41, 5.74) is 1.57. The van der Waals surface area contributed by atoms with Crippen LogP contribution in [0.15, 0.2) is 24.3 Å². The molecule has 2 aliphatic rings. The van der Waals surface area contributed by atoms with Gasteiger partial charge in [0.25, 0.3) is 0 Å². The average Bonchev–Trinajstić information content (AvgIpc) is 3.24. The maximum absolute atomic E-state index is 9.40. The highest BCUT2D eigenvalue weighted by atomic mass is 16.3. The van der Waals surface area contributed by atoms with Crippen LogP contribution in [0.2, 0.25) is 0 Å². The summed E-state index contributed by atoms with van der Waals surface area (Å²) in [5.74, 6) is 1.21. The molecule has 2 N–H and O–H groups in total. The second kappa shape index (κ2) is 5.38. The van der Waals surface area contributed by atoms with E-state index in [0.29, 0.717) is 11.8 Å². The molecule has 1 heterocycles. The first-order chi connectivity index (χ1) is 9.57. The van der Waals surface area contributed by atoms with E-state index in [1.807, 2.05) is 12.1 Å². The van der Waals surface area contributed by atoms with Crippen molar-refractivity contribution in [3.63, 3.8) is 0 Å². The molecule has 0 amide bonds. The quantitative estimate of drug-likeness (QED) is 0.889. The Morgan fingerprint density at radius 1 is 1.25 bits per heavy atom. The third-order valence-corrected chi connectivity index (χ3v) is 5.05. The number of nitrogens with one attached hydrogen (secondary N) is 1. The monoisotopic (exact) mass is 274 g/mol. The summed E-state index contributed by atoms with van der Waals surface area (Å²) in [4.78, 5) is 2.60. The van der Waals surface area contributed by atoms with Crippen molar-refractivity contribution in [3.8, 4) is 5.75 Å². The molecule has 1 aliphatic heterocycles. The number of hydrogen-bond donors (Lipinski definition) is 2. The Labute approximate surface area is 122 Å². The molecular weight excluding hydrogens is 248 g/mol. The lowest BCUT2D eigenvalue weighted by molar-refractivity contribution is 0.155. The molecular formula is C17H26N2O. The third kappa shape index (κ3) is 2.99. The van der Waals surface area contributed by atoms with Gasteiger partial charge in [0, 0.05) is 24.7 Å². The number of aromatic hydroxyl groups is 1. The van der Waals surface area contributed by atoms with Gasteiger partial charge in [0.15, 0.2) is 0 Å². The van der Waals surface area contributed by atoms with Gasteiger partial charge in [0.05, 0.1) is 0 Å². The number of rotatable bonds is 3. The largest absolute Gasteiger partial charge is 0.508 e. The van der Waals surface area contributed by atoms with Crippen LogP contribution in [-0.2, 0) is 6.54 Å². The molecule has 20 heavy (non-hydrogen) atoms. The Hall–Kier alpha value is -1.06. The van der Waals surface area contributed by atoms with Crippen molar-refractivity contribution in [1.29, 1.82) is 0 Å². The number of phenols is 1. The van der Waals surface area contributed by atoms with Gasteiger partial charge in [-0.1, -0.05) is 12.1 Å². The lowest BCUT2D eigenvalue weighted by Gasteiger charge is -2.36. The van der Waals surface area contributed by atoms with Gasteiger partial charge in [-0.25, -0.2) is 0 Å². The van der Waals surface area contributed by atoms with Crippen LogP contribution in [0.1, 0.15) is 38.7 Å². The fourth-order valence-electron chi connectivity index (χ4n) is 3.42. The summed E-state index contributed by atoms with van der Waals surface area (Å²) in [7, 11) is 0. The van der Waals surface area contributed by atoms with Gasteiger partial charge in [0.1, 0.15) is 5.75 Å². The summed E-state index contributed by atoms with van der Waals surface area (Å²) < 4.78 is 0. The van der Waals surface area contributed by atoms with E-state index in [4.69, 9.17) is 0 Å². The van der Waals surface area contributed by atoms with Crippen LogP contribution < -0.4 is 5.32 Å². The van der Waals surface area contributed by atoms with Crippen LogP contribution in [0.3, 0.4) is 0 Å². The molecule has 2 atom stereocenters. The summed E-state index contributed by atoms with van der Waals surface area (Å²) in [6.45, 7) is 7.96. The summed E-state index contributed by atoms with van der Waals surface area (Å²) >= 11 is 0. The van der Waals surface area contributed by atoms with Gasteiger partial charge in [0.2, 0.25) is 0 Å². The molecule has 1 saturated carbocycles. The molecule has 2 unspecified atom stereocenters. The Morgan fingerprint density at radius 2 is 1.95 bits per heavy atom. The Bertz CT molecular complexity index is 455. The van der Waals surface area contributed by atoms with Crippen LogP contribution in [0.4, 0.5) is 0 Å². The SMILES string of the molecule is CC1CCNC(C)(C2CC2)CN1Cc1ccc(O)cc1. The van der Waals surface area contributed by atoms with Gasteiger partial charge in [-0.3, -0.25) is 4.90 Å². The van der Waals surface area contributed by atoms with E-state index in [1.54, 1.807) is 12.1 Å². The van der Waals surface area contributed by atoms with E-state index in [2.05, 4.69) is 24.1 Å². The van der Waals surface area contributed by atoms with E-state index >= 15 is 0 Å². The smallest absolute Gasteiger partial charge is 0.115 e. The van der Waals surface area contributed by atoms with Gasteiger partial charge < -0.3 is 10.4 Å². The highest BCUT2D eigenvalue weighted by Gasteiger charge is 2.43. The summed E-state index contributed by atoms with van der Waals surface area (Å²) in [5, 5.41) is 13.2. The lowest BCUT2D eigenvalue weighted by Crippen LogP contribution is -2.51. The van der Waals surface area contributed by atoms with Gasteiger partial charge in [-0.2, -0.15) is 0 Å². The highest BCUT2D eigenvalue weighted by Crippen LogP contribution is 2.41. The van der Waals surface area contributed by atoms with E-state index in [0.717, 1.165) is 25.6 Å². The molecule has 1 saturated heterocycles. The van der Waals surface area contributed by atoms with Crippen molar-refractivity contribution in [2.45, 2.75) is 51.2 Å². The molecule has 2 fully saturated rings. The van der Waals surface area contributed by atoms with Crippen LogP contribution in [-0.4, -0.2) is 34.7 Å². The summed E-state index contributed by atoms with van der Waals surface area (Å²) in [6.07, 6.45) is 3.97. The molecule has 3 heteroatoms. The fourth-order valence-corrected chi connectivity index (χ4v) is 3.42. The van der Waals surface area contributed by atoms with Crippen molar-refractivity contribution >= 4 is 0 Å². The third-order valence-electron chi connectivity index (χ3n) is 5.05. The zero-order valence-corrected chi connectivity index (χ0v) is 12.6. The second-order valence-electron chi connectivity index (χ2n) is 6.83. The van der Waals surface area contributed by atoms with Gasteiger partial charge in [-0.15, -0.1) is 0 Å². The van der Waals surface area contributed by atoms with Crippen molar-refractivity contribution in [2.75, 3.05) is 13.1 Å². The van der Waals surface area contributed by atoms with Crippen LogP contribution in [0.25, 0.3) is 0 Å². The van der Waals surface area contributed by atoms with E-state index in [9.17, 15) is 5.11 Å². The minimum absolute atomic E-state index is 0.279. The first kappa shape index (κ1) is 13.9. The average molecular weight is 274 g/mol. The molecule has 0 spiro atoms. The molecule has 0 radical (unpaired) electrons. The Balaban J connectivity index is 1.73. The molecule has 110 valence electrons. The molecule has 1 aromatic rings. The predicted octanol–water partition coefficient (Wildman–Crippen LogP) is 2.74. The van der Waals surface area contributed by atoms with Crippen LogP contribution in [0.5, 0.6) is 5.75 Å². The number of benzene rings is 1. The first-order valence-electron chi connectivity index (χ1n) is 7.84. The minimum Gasteiger partial charge on any atom is -0.508 e. The number of phenolic OH excluding ortho intramolecular Hbond substituents is 1. The van der Waals surface area contributed by atoms with E-state index in [-0.39, 0.29) is 5.54 Å². The molecule has 1 aromatic carbocycles. The zero-order chi connectivity index (χ0) is 14.2. The fraction of sp³-hybridized carbons (Fsp3) is 0.647. The first-order valence-corrected chi connectivity index (χ1v) is 7.84. The highest BCUT2D eigenvalue weighted by molar-refractivity contribution is 5.26. The Morgan fingerprint density at radius 3 is 2.60 bits per heavy atom.